The number of urea groups is 1. The normalized spacial score (nSPS) is 22.9. The fourth-order valence-electron chi connectivity index (χ4n) is 4.84. The van der Waals surface area contributed by atoms with Crippen molar-refractivity contribution >= 4 is 52.1 Å². The third-order valence-electron chi connectivity index (χ3n) is 6.44. The molecule has 2 atom stereocenters. The van der Waals surface area contributed by atoms with Crippen LogP contribution in [0.5, 0.6) is 0 Å². The van der Waals surface area contributed by atoms with Crippen LogP contribution in [0.1, 0.15) is 35.9 Å². The van der Waals surface area contributed by atoms with Gasteiger partial charge in [-0.05, 0) is 49.2 Å². The van der Waals surface area contributed by atoms with E-state index in [4.69, 9.17) is 11.6 Å². The van der Waals surface area contributed by atoms with Gasteiger partial charge in [0.05, 0.1) is 27.8 Å². The summed E-state index contributed by atoms with van der Waals surface area (Å²) >= 11 is 7.23. The Morgan fingerprint density at radius 1 is 1.16 bits per heavy atom. The number of nitrogens with one attached hydrogen (secondary N) is 1. The van der Waals surface area contributed by atoms with Gasteiger partial charge < -0.3 is 15.1 Å². The fourth-order valence-corrected chi connectivity index (χ4v) is 5.79. The maximum Gasteiger partial charge on any atom is 0.324 e. The molecule has 2 fully saturated rings. The van der Waals surface area contributed by atoms with E-state index in [-0.39, 0.29) is 24.0 Å². The molecule has 5 rings (SSSR count). The van der Waals surface area contributed by atoms with E-state index < -0.39 is 0 Å². The summed E-state index contributed by atoms with van der Waals surface area (Å²) in [6.45, 7) is 5.22. The van der Waals surface area contributed by atoms with Gasteiger partial charge >= 0.3 is 6.03 Å². The van der Waals surface area contributed by atoms with Crippen LogP contribution in [-0.2, 0) is 0 Å². The minimum atomic E-state index is -0.126. The number of aliphatic imine (C=N–C) groups is 1. The Morgan fingerprint density at radius 2 is 1.91 bits per heavy atom. The zero-order chi connectivity index (χ0) is 22.2. The lowest BCUT2D eigenvalue weighted by Crippen LogP contribution is -2.44. The van der Waals surface area contributed by atoms with E-state index in [1.807, 2.05) is 21.9 Å². The van der Waals surface area contributed by atoms with Gasteiger partial charge in [0.2, 0.25) is 0 Å². The quantitative estimate of drug-likeness (QED) is 0.709. The minimum Gasteiger partial charge on any atom is -0.346 e. The number of amidine groups is 1. The van der Waals surface area contributed by atoms with Gasteiger partial charge in [0.25, 0.3) is 5.91 Å². The summed E-state index contributed by atoms with van der Waals surface area (Å²) in [6, 6.07) is 11.6. The predicted octanol–water partition coefficient (Wildman–Crippen LogP) is 4.23. The van der Waals surface area contributed by atoms with E-state index in [2.05, 4.69) is 34.3 Å². The zero-order valence-electron chi connectivity index (χ0n) is 18.0. The number of anilines is 2. The highest BCUT2D eigenvalue weighted by Crippen LogP contribution is 2.32. The molecule has 32 heavy (non-hydrogen) atoms. The van der Waals surface area contributed by atoms with Gasteiger partial charge in [-0.3, -0.25) is 14.7 Å². The summed E-state index contributed by atoms with van der Waals surface area (Å²) in [5, 5.41) is 3.11. The second-order valence-corrected chi connectivity index (χ2v) is 10.0. The van der Waals surface area contributed by atoms with Gasteiger partial charge in [-0.2, -0.15) is 0 Å². The Balaban J connectivity index is 1.28. The molecule has 168 valence electrons. The van der Waals surface area contributed by atoms with Crippen molar-refractivity contribution in [2.45, 2.75) is 38.3 Å². The molecule has 0 bridgehead atoms. The molecule has 2 saturated heterocycles. The van der Waals surface area contributed by atoms with Gasteiger partial charge in [-0.25, -0.2) is 4.79 Å². The summed E-state index contributed by atoms with van der Waals surface area (Å²) in [4.78, 5) is 36.9. The Hall–Kier alpha value is -2.58. The number of halogens is 1. The van der Waals surface area contributed by atoms with Crippen LogP contribution in [0.4, 0.5) is 16.2 Å². The number of rotatable bonds is 5. The van der Waals surface area contributed by atoms with E-state index in [0.29, 0.717) is 22.3 Å². The third-order valence-corrected chi connectivity index (χ3v) is 7.67. The van der Waals surface area contributed by atoms with Crippen LogP contribution >= 0.6 is 22.9 Å². The third kappa shape index (κ3) is 3.86. The van der Waals surface area contributed by atoms with Crippen LogP contribution in [0, 0.1) is 0 Å². The number of benzene rings is 1. The summed E-state index contributed by atoms with van der Waals surface area (Å²) in [6.07, 6.45) is 2.73. The maximum absolute atomic E-state index is 13.1. The molecule has 2 aromatic rings. The highest BCUT2D eigenvalue weighted by molar-refractivity contribution is 7.18. The first-order valence-corrected chi connectivity index (χ1v) is 12.3. The monoisotopic (exact) mass is 471 g/mol. The van der Waals surface area contributed by atoms with Gasteiger partial charge in [0.1, 0.15) is 5.84 Å². The molecule has 0 spiro atoms. The Bertz CT molecular complexity index is 1050. The smallest absolute Gasteiger partial charge is 0.324 e. The molecule has 1 aromatic heterocycles. The average molecular weight is 472 g/mol. The van der Waals surface area contributed by atoms with Crippen molar-refractivity contribution in [3.05, 3.63) is 45.6 Å². The minimum absolute atomic E-state index is 0.00690. The van der Waals surface area contributed by atoms with Gasteiger partial charge in [-0.15, -0.1) is 11.3 Å². The molecule has 1 N–H and O–H groups in total. The number of carbonyl (C=O) groups excluding carboxylic acids is 2. The number of nitrogens with zero attached hydrogens (tertiary/aromatic N) is 4. The van der Waals surface area contributed by atoms with E-state index >= 15 is 0 Å². The van der Waals surface area contributed by atoms with Crippen LogP contribution in [0.15, 0.2) is 41.4 Å². The summed E-state index contributed by atoms with van der Waals surface area (Å²) in [5.41, 5.74) is 2.00. The molecule has 0 saturated carbocycles. The lowest BCUT2D eigenvalue weighted by atomic mass is 10.1. The molecule has 0 unspecified atom stereocenters. The molecular weight excluding hydrogens is 446 g/mol. The highest BCUT2D eigenvalue weighted by atomic mass is 35.5. The van der Waals surface area contributed by atoms with E-state index in [0.717, 1.165) is 49.6 Å². The SMILES string of the molecule is CCC1=NCCCN1c1ccc(N2C[C@@H]3[C@H](NC(=O)c4ccc(Cl)s4)CCN3C2=O)cc1. The summed E-state index contributed by atoms with van der Waals surface area (Å²) in [7, 11) is 0. The molecule has 7 nitrogen and oxygen atoms in total. The van der Waals surface area contributed by atoms with Gasteiger partial charge in [0, 0.05) is 37.4 Å². The highest BCUT2D eigenvalue weighted by Gasteiger charge is 2.46. The number of hydrogen-bond donors (Lipinski definition) is 1. The first kappa shape index (κ1) is 21.3. The van der Waals surface area contributed by atoms with Crippen LogP contribution < -0.4 is 15.1 Å². The largest absolute Gasteiger partial charge is 0.346 e. The standard InChI is InChI=1S/C23H26ClN5O2S/c1-2-21-25-11-3-12-27(21)15-4-6-16(7-5-15)29-14-18-17(10-13-28(18)23(29)31)26-22(30)19-8-9-20(24)32-19/h4-9,17-18H,2-3,10-14H2,1H3,(H,26,30)/t17-,18-/m1/s1. The van der Waals surface area contributed by atoms with Crippen molar-refractivity contribution < 1.29 is 9.59 Å². The number of thiophene rings is 1. The van der Waals surface area contributed by atoms with E-state index in [9.17, 15) is 9.59 Å². The number of fused-ring (bicyclic) bond motifs is 1. The Labute approximate surface area is 196 Å². The molecule has 3 amide bonds. The van der Waals surface area contributed by atoms with Gasteiger partial charge in [-0.1, -0.05) is 18.5 Å². The molecule has 1 aromatic carbocycles. The van der Waals surface area contributed by atoms with Crippen LogP contribution in [0.25, 0.3) is 0 Å². The van der Waals surface area contributed by atoms with Crippen molar-refractivity contribution in [2.24, 2.45) is 4.99 Å². The molecule has 3 aliphatic heterocycles. The predicted molar refractivity (Wildman–Crippen MR) is 129 cm³/mol. The fraction of sp³-hybridized carbons (Fsp3) is 0.435. The van der Waals surface area contributed by atoms with E-state index in [1.54, 1.807) is 12.1 Å². The lowest BCUT2D eigenvalue weighted by molar-refractivity contribution is 0.0935. The van der Waals surface area contributed by atoms with Crippen molar-refractivity contribution in [3.8, 4) is 0 Å². The van der Waals surface area contributed by atoms with E-state index in [1.165, 1.54) is 11.3 Å². The number of hydrogen-bond acceptors (Lipinski definition) is 5. The zero-order valence-corrected chi connectivity index (χ0v) is 19.5. The summed E-state index contributed by atoms with van der Waals surface area (Å²) in [5.74, 6) is 0.992. The van der Waals surface area contributed by atoms with Crippen molar-refractivity contribution in [1.29, 1.82) is 0 Å². The molecule has 3 aliphatic rings. The first-order chi connectivity index (χ1) is 15.5. The van der Waals surface area contributed by atoms with Crippen LogP contribution in [-0.4, -0.2) is 60.9 Å². The Kier molecular flexibility index (Phi) is 5.82. The van der Waals surface area contributed by atoms with Crippen LogP contribution in [0.3, 0.4) is 0 Å². The second-order valence-electron chi connectivity index (χ2n) is 8.30. The number of carbonyl (C=O) groups is 2. The van der Waals surface area contributed by atoms with Crippen molar-refractivity contribution in [1.82, 2.24) is 10.2 Å². The second kappa shape index (κ2) is 8.75. The first-order valence-electron chi connectivity index (χ1n) is 11.1. The van der Waals surface area contributed by atoms with Crippen LogP contribution in [0.2, 0.25) is 4.34 Å². The van der Waals surface area contributed by atoms with Gasteiger partial charge in [0.15, 0.2) is 0 Å². The Morgan fingerprint density at radius 3 is 2.59 bits per heavy atom. The molecule has 0 aliphatic carbocycles. The average Bonchev–Trinajstić information content (AvgIpc) is 3.51. The topological polar surface area (TPSA) is 68.2 Å². The summed E-state index contributed by atoms with van der Waals surface area (Å²) < 4.78 is 0.593. The number of amides is 3. The molecular formula is C23H26ClN5O2S. The van der Waals surface area contributed by atoms with Crippen molar-refractivity contribution in [2.75, 3.05) is 36.0 Å². The molecule has 4 heterocycles. The van der Waals surface area contributed by atoms with Crippen molar-refractivity contribution in [3.63, 3.8) is 0 Å². The molecule has 9 heteroatoms. The molecule has 0 radical (unpaired) electrons. The maximum atomic E-state index is 13.1. The lowest BCUT2D eigenvalue weighted by Gasteiger charge is -2.29.